The summed E-state index contributed by atoms with van der Waals surface area (Å²) in [5.41, 5.74) is 0. The zero-order valence-electron chi connectivity index (χ0n) is 62.1. The third-order valence-electron chi connectivity index (χ3n) is 18.0. The quantitative estimate of drug-likeness (QED) is 0.0222. The second kappa shape index (κ2) is 66.6. The lowest BCUT2D eigenvalue weighted by molar-refractivity contribution is -0.161. The van der Waals surface area contributed by atoms with Crippen LogP contribution in [0.5, 0.6) is 0 Å². The highest BCUT2D eigenvalue weighted by Gasteiger charge is 2.30. The van der Waals surface area contributed by atoms with Crippen molar-refractivity contribution in [1.29, 1.82) is 0 Å². The number of hydrogen-bond acceptors (Lipinski definition) is 15. The first kappa shape index (κ1) is 93.1. The maximum absolute atomic E-state index is 13.1. The molecule has 0 spiro atoms. The Morgan fingerprint density at radius 1 is 0.305 bits per heavy atom. The van der Waals surface area contributed by atoms with Crippen LogP contribution in [0.4, 0.5) is 0 Å². The number of hydrogen-bond donors (Lipinski definition) is 3. The first-order valence-corrected chi connectivity index (χ1v) is 42.4. The Labute approximate surface area is 581 Å². The van der Waals surface area contributed by atoms with Crippen LogP contribution in [0.2, 0.25) is 0 Å². The first-order chi connectivity index (χ1) is 45.8. The van der Waals surface area contributed by atoms with Crippen molar-refractivity contribution in [1.82, 2.24) is 0 Å². The maximum Gasteiger partial charge on any atom is 0.472 e. The lowest BCUT2D eigenvalue weighted by Crippen LogP contribution is -2.30. The van der Waals surface area contributed by atoms with Crippen LogP contribution >= 0.6 is 15.6 Å². The first-order valence-electron chi connectivity index (χ1n) is 39.4. The topological polar surface area (TPSA) is 237 Å². The molecular formula is C76H148O17P2. The van der Waals surface area contributed by atoms with Crippen LogP contribution in [-0.2, 0) is 65.4 Å². The minimum atomic E-state index is -4.96. The van der Waals surface area contributed by atoms with E-state index in [9.17, 15) is 43.2 Å². The Bertz CT molecular complexity index is 1850. The maximum atomic E-state index is 13.1. The van der Waals surface area contributed by atoms with Crippen LogP contribution < -0.4 is 0 Å². The number of unbranched alkanes of at least 4 members (excludes halogenated alkanes) is 41. The highest BCUT2D eigenvalue weighted by molar-refractivity contribution is 7.47. The van der Waals surface area contributed by atoms with E-state index < -0.39 is 97.5 Å². The van der Waals surface area contributed by atoms with Crippen molar-refractivity contribution < 1.29 is 80.2 Å². The molecule has 0 fully saturated rings. The second-order valence-corrected chi connectivity index (χ2v) is 31.5. The molecule has 0 radical (unpaired) electrons. The lowest BCUT2D eigenvalue weighted by Gasteiger charge is -2.21. The average Bonchev–Trinajstić information content (AvgIpc) is 3.19. The highest BCUT2D eigenvalue weighted by atomic mass is 31.2. The summed E-state index contributed by atoms with van der Waals surface area (Å²) >= 11 is 0. The van der Waals surface area contributed by atoms with Crippen molar-refractivity contribution in [2.45, 2.75) is 407 Å². The molecule has 564 valence electrons. The molecule has 3 unspecified atom stereocenters. The molecule has 6 atom stereocenters. The van der Waals surface area contributed by atoms with Gasteiger partial charge in [0.2, 0.25) is 0 Å². The number of aliphatic hydroxyl groups excluding tert-OH is 1. The molecule has 0 aromatic rings. The molecule has 0 aromatic heterocycles. The number of carbonyl (C=O) groups is 4. The van der Waals surface area contributed by atoms with E-state index in [2.05, 4.69) is 48.5 Å². The van der Waals surface area contributed by atoms with Crippen LogP contribution in [0.3, 0.4) is 0 Å². The number of carbonyl (C=O) groups excluding carboxylic acids is 4. The summed E-state index contributed by atoms with van der Waals surface area (Å²) < 4.78 is 68.6. The molecule has 0 heterocycles. The average molecular weight is 1400 g/mol. The van der Waals surface area contributed by atoms with Gasteiger partial charge in [0.05, 0.1) is 26.4 Å². The molecule has 17 nitrogen and oxygen atoms in total. The van der Waals surface area contributed by atoms with Gasteiger partial charge in [0.25, 0.3) is 0 Å². The predicted octanol–water partition coefficient (Wildman–Crippen LogP) is 22.2. The summed E-state index contributed by atoms with van der Waals surface area (Å²) in [6.07, 6.45) is 52.5. The number of phosphoric acid groups is 2. The van der Waals surface area contributed by atoms with Crippen LogP contribution in [0.25, 0.3) is 0 Å². The Kier molecular flexibility index (Phi) is 65.2. The van der Waals surface area contributed by atoms with E-state index in [1.165, 1.54) is 199 Å². The molecule has 0 saturated heterocycles. The normalized spacial score (nSPS) is 14.4. The van der Waals surface area contributed by atoms with Gasteiger partial charge in [0, 0.05) is 25.7 Å². The van der Waals surface area contributed by atoms with Gasteiger partial charge in [0.1, 0.15) is 19.3 Å². The summed E-state index contributed by atoms with van der Waals surface area (Å²) in [6, 6.07) is 0. The summed E-state index contributed by atoms with van der Waals surface area (Å²) in [7, 11) is -9.91. The van der Waals surface area contributed by atoms with E-state index in [4.69, 9.17) is 37.0 Å². The largest absolute Gasteiger partial charge is 0.472 e. The molecule has 0 saturated carbocycles. The van der Waals surface area contributed by atoms with Gasteiger partial charge in [-0.05, 0) is 43.4 Å². The van der Waals surface area contributed by atoms with Crippen LogP contribution in [-0.4, -0.2) is 96.7 Å². The van der Waals surface area contributed by atoms with Crippen molar-refractivity contribution in [2.24, 2.45) is 17.8 Å². The number of rotatable bonds is 74. The molecule has 0 aliphatic rings. The van der Waals surface area contributed by atoms with Gasteiger partial charge in [-0.1, -0.05) is 337 Å². The van der Waals surface area contributed by atoms with Crippen molar-refractivity contribution in [3.05, 3.63) is 0 Å². The number of phosphoric ester groups is 2. The van der Waals surface area contributed by atoms with Crippen LogP contribution in [0.15, 0.2) is 0 Å². The zero-order valence-corrected chi connectivity index (χ0v) is 63.9. The summed E-state index contributed by atoms with van der Waals surface area (Å²) in [4.78, 5) is 72.9. The van der Waals surface area contributed by atoms with E-state index in [-0.39, 0.29) is 25.7 Å². The van der Waals surface area contributed by atoms with Crippen molar-refractivity contribution in [3.63, 3.8) is 0 Å². The molecule has 0 amide bonds. The molecular weight excluding hydrogens is 1250 g/mol. The third kappa shape index (κ3) is 69.0. The van der Waals surface area contributed by atoms with E-state index in [1.807, 2.05) is 0 Å². The standard InChI is InChI=1S/C76H148O17P2/c1-8-10-11-12-13-14-15-16-21-29-36-43-50-57-73(78)86-64-72(93-76(81)60-53-46-39-32-25-24-28-35-42-49-56-69(7)9-2)66-91-95(84,85)89-62-70(77)61-88-94(82,83)90-65-71(92-75(80)59-52-45-38-31-23-18-20-27-34-41-48-55-68(5)6)63-87-74(79)58-51-44-37-30-22-17-19-26-33-40-47-54-67(3)4/h67-72,77H,8-66H2,1-7H3,(H,82,83)(H,84,85)/t69?,70-,71-,72-/m1/s1. The molecule has 0 aliphatic heterocycles. The van der Waals surface area contributed by atoms with E-state index >= 15 is 0 Å². The predicted molar refractivity (Wildman–Crippen MR) is 386 cm³/mol. The Balaban J connectivity index is 5.28. The fraction of sp³-hybridized carbons (Fsp3) is 0.947. The van der Waals surface area contributed by atoms with E-state index in [1.54, 1.807) is 0 Å². The van der Waals surface area contributed by atoms with E-state index in [0.29, 0.717) is 25.7 Å². The van der Waals surface area contributed by atoms with Crippen LogP contribution in [0.1, 0.15) is 389 Å². The van der Waals surface area contributed by atoms with Gasteiger partial charge < -0.3 is 33.8 Å². The number of ether oxygens (including phenoxy) is 4. The highest BCUT2D eigenvalue weighted by Crippen LogP contribution is 2.45. The molecule has 0 bridgehead atoms. The van der Waals surface area contributed by atoms with E-state index in [0.717, 1.165) is 108 Å². The molecule has 19 heteroatoms. The molecule has 0 rings (SSSR count). The minimum Gasteiger partial charge on any atom is -0.462 e. The van der Waals surface area contributed by atoms with Gasteiger partial charge in [-0.3, -0.25) is 37.3 Å². The van der Waals surface area contributed by atoms with Gasteiger partial charge >= 0.3 is 39.5 Å². The number of esters is 4. The van der Waals surface area contributed by atoms with Crippen molar-refractivity contribution >= 4 is 39.5 Å². The molecule has 0 aliphatic carbocycles. The molecule has 3 N–H and O–H groups in total. The smallest absolute Gasteiger partial charge is 0.462 e. The fourth-order valence-corrected chi connectivity index (χ4v) is 13.1. The van der Waals surface area contributed by atoms with Crippen LogP contribution in [0, 0.1) is 17.8 Å². The van der Waals surface area contributed by atoms with Gasteiger partial charge in [0.15, 0.2) is 12.2 Å². The Morgan fingerprint density at radius 3 is 0.800 bits per heavy atom. The Hall–Kier alpha value is -1.94. The minimum absolute atomic E-state index is 0.106. The summed E-state index contributed by atoms with van der Waals surface area (Å²) in [6.45, 7) is 11.9. The molecule has 0 aromatic carbocycles. The zero-order chi connectivity index (χ0) is 70.1. The Morgan fingerprint density at radius 2 is 0.537 bits per heavy atom. The summed E-state index contributed by atoms with van der Waals surface area (Å²) in [5.74, 6) is 0.224. The second-order valence-electron chi connectivity index (χ2n) is 28.6. The van der Waals surface area contributed by atoms with Gasteiger partial charge in [-0.25, -0.2) is 9.13 Å². The SMILES string of the molecule is CCCCCCCCCCCCCCCC(=O)OC[C@H](COP(=O)(O)OC[C@H](O)COP(=O)(O)OC[C@@H](COC(=O)CCCCCCCCCCCCCC(C)C)OC(=O)CCCCCCCCCCCCCC(C)C)OC(=O)CCCCCCCCCCCCC(C)CC. The van der Waals surface area contributed by atoms with Crippen molar-refractivity contribution in [2.75, 3.05) is 39.6 Å². The molecule has 95 heavy (non-hydrogen) atoms. The van der Waals surface area contributed by atoms with Crippen molar-refractivity contribution in [3.8, 4) is 0 Å². The summed E-state index contributed by atoms with van der Waals surface area (Å²) in [5, 5.41) is 10.6. The monoisotopic (exact) mass is 1400 g/mol. The number of aliphatic hydroxyl groups is 1. The third-order valence-corrected chi connectivity index (χ3v) is 19.9. The fourth-order valence-electron chi connectivity index (χ4n) is 11.6. The van der Waals surface area contributed by atoms with Gasteiger partial charge in [-0.2, -0.15) is 0 Å². The lowest BCUT2D eigenvalue weighted by atomic mass is 9.99. The van der Waals surface area contributed by atoms with Gasteiger partial charge in [-0.15, -0.1) is 0 Å².